The van der Waals surface area contributed by atoms with Crippen molar-refractivity contribution in [2.45, 2.75) is 26.9 Å². The lowest BCUT2D eigenvalue weighted by molar-refractivity contribution is -0.116. The lowest BCUT2D eigenvalue weighted by atomic mass is 10.1. The van der Waals surface area contributed by atoms with Gasteiger partial charge in [-0.2, -0.15) is 5.26 Å². The molecule has 0 aliphatic heterocycles. The minimum Gasteiger partial charge on any atom is -0.348 e. The van der Waals surface area contributed by atoms with E-state index < -0.39 is 11.5 Å². The van der Waals surface area contributed by atoms with E-state index in [2.05, 4.69) is 10.6 Å². The zero-order chi connectivity index (χ0) is 23.3. The summed E-state index contributed by atoms with van der Waals surface area (Å²) in [5, 5.41) is 15.2. The number of nitrogens with one attached hydrogen (secondary N) is 2. The molecule has 7 nitrogen and oxygen atoms in total. The van der Waals surface area contributed by atoms with Gasteiger partial charge in [-0.3, -0.25) is 14.4 Å². The molecule has 0 saturated heterocycles. The molecule has 2 N–H and O–H groups in total. The van der Waals surface area contributed by atoms with E-state index in [9.17, 15) is 19.6 Å². The number of hydrogen-bond donors (Lipinski definition) is 2. The molecule has 162 valence electrons. The van der Waals surface area contributed by atoms with E-state index in [0.717, 1.165) is 5.56 Å². The van der Waals surface area contributed by atoms with E-state index in [1.807, 2.05) is 24.3 Å². The van der Waals surface area contributed by atoms with Gasteiger partial charge in [0.15, 0.2) is 0 Å². The van der Waals surface area contributed by atoms with E-state index in [1.54, 1.807) is 50.2 Å². The summed E-state index contributed by atoms with van der Waals surface area (Å²) in [5.74, 6) is -0.762. The van der Waals surface area contributed by atoms with Gasteiger partial charge in [-0.15, -0.1) is 0 Å². The van der Waals surface area contributed by atoms with Crippen molar-refractivity contribution in [3.8, 4) is 6.07 Å². The Morgan fingerprint density at radius 1 is 1.09 bits per heavy atom. The monoisotopic (exact) mass is 448 g/mol. The standard InChI is InChI=1S/C24H21ClN4O3/c1-15-10-16(2)29(24(32)20(15)12-26)14-22(30)28-19-8-5-7-17(11-19)23(31)27-13-18-6-3-4-9-21(18)25/h3-11H,13-14H2,1-2H3,(H,27,31)(H,28,30). The zero-order valence-corrected chi connectivity index (χ0v) is 18.4. The van der Waals surface area contributed by atoms with E-state index in [0.29, 0.717) is 27.5 Å². The smallest absolute Gasteiger partial charge is 0.269 e. The van der Waals surface area contributed by atoms with Gasteiger partial charge < -0.3 is 15.2 Å². The summed E-state index contributed by atoms with van der Waals surface area (Å²) in [4.78, 5) is 37.5. The molecular formula is C24H21ClN4O3. The minimum atomic E-state index is -0.507. The predicted octanol–water partition coefficient (Wildman–Crippen LogP) is 3.56. The molecule has 0 aliphatic rings. The van der Waals surface area contributed by atoms with Crippen LogP contribution in [0.2, 0.25) is 5.02 Å². The molecule has 0 aliphatic carbocycles. The summed E-state index contributed by atoms with van der Waals surface area (Å²) in [6, 6.07) is 17.3. The van der Waals surface area contributed by atoms with Gasteiger partial charge in [0, 0.05) is 28.5 Å². The van der Waals surface area contributed by atoms with Crippen LogP contribution in [-0.2, 0) is 17.9 Å². The number of nitrogens with zero attached hydrogens (tertiary/aromatic N) is 2. The highest BCUT2D eigenvalue weighted by molar-refractivity contribution is 6.31. The normalized spacial score (nSPS) is 10.3. The molecular weight excluding hydrogens is 428 g/mol. The molecule has 0 atom stereocenters. The second-order valence-electron chi connectivity index (χ2n) is 7.25. The first kappa shape index (κ1) is 22.8. The quantitative estimate of drug-likeness (QED) is 0.601. The minimum absolute atomic E-state index is 0.0144. The highest BCUT2D eigenvalue weighted by Crippen LogP contribution is 2.15. The van der Waals surface area contributed by atoms with Crippen LogP contribution in [0.15, 0.2) is 59.4 Å². The Hall–Kier alpha value is -3.89. The van der Waals surface area contributed by atoms with Crippen molar-refractivity contribution in [2.24, 2.45) is 0 Å². The number of anilines is 1. The van der Waals surface area contributed by atoms with Gasteiger partial charge >= 0.3 is 0 Å². The van der Waals surface area contributed by atoms with Gasteiger partial charge in [-0.1, -0.05) is 35.9 Å². The van der Waals surface area contributed by atoms with E-state index in [4.69, 9.17) is 11.6 Å². The summed E-state index contributed by atoms with van der Waals surface area (Å²) < 4.78 is 1.25. The molecule has 3 rings (SSSR count). The molecule has 8 heteroatoms. The fourth-order valence-electron chi connectivity index (χ4n) is 3.26. The third-order valence-electron chi connectivity index (χ3n) is 4.92. The first-order chi connectivity index (χ1) is 15.3. The average Bonchev–Trinajstić information content (AvgIpc) is 2.76. The van der Waals surface area contributed by atoms with Crippen molar-refractivity contribution < 1.29 is 9.59 Å². The van der Waals surface area contributed by atoms with Crippen LogP contribution in [0, 0.1) is 25.2 Å². The van der Waals surface area contributed by atoms with Gasteiger partial charge in [-0.05, 0) is 55.3 Å². The Morgan fingerprint density at radius 3 is 2.56 bits per heavy atom. The molecule has 0 unspecified atom stereocenters. The molecule has 0 fully saturated rings. The number of rotatable bonds is 6. The lowest BCUT2D eigenvalue weighted by Gasteiger charge is -2.13. The Balaban J connectivity index is 1.69. The number of amides is 2. The summed E-state index contributed by atoms with van der Waals surface area (Å²) in [6.07, 6.45) is 0. The number of pyridine rings is 1. The van der Waals surface area contributed by atoms with Gasteiger partial charge in [0.05, 0.1) is 0 Å². The molecule has 1 aromatic heterocycles. The van der Waals surface area contributed by atoms with Crippen molar-refractivity contribution in [1.82, 2.24) is 9.88 Å². The fraction of sp³-hybridized carbons (Fsp3) is 0.167. The molecule has 0 radical (unpaired) electrons. The third-order valence-corrected chi connectivity index (χ3v) is 5.29. The van der Waals surface area contributed by atoms with Crippen LogP contribution in [-0.4, -0.2) is 16.4 Å². The maximum Gasteiger partial charge on any atom is 0.269 e. The topological polar surface area (TPSA) is 104 Å². The average molecular weight is 449 g/mol. The highest BCUT2D eigenvalue weighted by atomic mass is 35.5. The molecule has 0 bridgehead atoms. The van der Waals surface area contributed by atoms with Gasteiger partial charge in [0.1, 0.15) is 18.2 Å². The second-order valence-corrected chi connectivity index (χ2v) is 7.66. The molecule has 0 saturated carbocycles. The van der Waals surface area contributed by atoms with E-state index in [1.165, 1.54) is 4.57 Å². The van der Waals surface area contributed by atoms with Crippen molar-refractivity contribution in [1.29, 1.82) is 5.26 Å². The molecule has 3 aromatic rings. The first-order valence-electron chi connectivity index (χ1n) is 9.83. The van der Waals surface area contributed by atoms with Crippen molar-refractivity contribution in [3.05, 3.63) is 97.9 Å². The van der Waals surface area contributed by atoms with E-state index >= 15 is 0 Å². The molecule has 2 aromatic carbocycles. The zero-order valence-electron chi connectivity index (χ0n) is 17.6. The SMILES string of the molecule is Cc1cc(C)n(CC(=O)Nc2cccc(C(=O)NCc3ccccc3Cl)c2)c(=O)c1C#N. The summed E-state index contributed by atoms with van der Waals surface area (Å²) in [5.41, 5.74) is 2.23. The van der Waals surface area contributed by atoms with Crippen LogP contribution in [0.5, 0.6) is 0 Å². The van der Waals surface area contributed by atoms with Gasteiger partial charge in [0.2, 0.25) is 5.91 Å². The summed E-state index contributed by atoms with van der Waals surface area (Å²) in [7, 11) is 0. The number of aryl methyl sites for hydroxylation is 2. The number of halogens is 1. The molecule has 0 spiro atoms. The largest absolute Gasteiger partial charge is 0.348 e. The number of nitriles is 1. The van der Waals surface area contributed by atoms with Crippen LogP contribution < -0.4 is 16.2 Å². The maximum absolute atomic E-state index is 12.5. The first-order valence-corrected chi connectivity index (χ1v) is 10.2. The molecule has 32 heavy (non-hydrogen) atoms. The Bertz CT molecular complexity index is 1290. The van der Waals surface area contributed by atoms with Gasteiger partial charge in [0.25, 0.3) is 11.5 Å². The Labute approximate surface area is 190 Å². The number of benzene rings is 2. The molecule has 2 amide bonds. The summed E-state index contributed by atoms with van der Waals surface area (Å²) >= 11 is 6.11. The van der Waals surface area contributed by atoms with Crippen LogP contribution in [0.3, 0.4) is 0 Å². The Kier molecular flexibility index (Phi) is 7.08. The number of carbonyl (C=O) groups is 2. The van der Waals surface area contributed by atoms with Crippen molar-refractivity contribution in [3.63, 3.8) is 0 Å². The van der Waals surface area contributed by atoms with Crippen LogP contribution in [0.1, 0.15) is 32.7 Å². The predicted molar refractivity (Wildman–Crippen MR) is 123 cm³/mol. The number of carbonyl (C=O) groups excluding carboxylic acids is 2. The fourth-order valence-corrected chi connectivity index (χ4v) is 3.46. The maximum atomic E-state index is 12.5. The van der Waals surface area contributed by atoms with Crippen molar-refractivity contribution in [2.75, 3.05) is 5.32 Å². The Morgan fingerprint density at radius 2 is 1.84 bits per heavy atom. The van der Waals surface area contributed by atoms with E-state index in [-0.39, 0.29) is 24.6 Å². The lowest BCUT2D eigenvalue weighted by Crippen LogP contribution is -2.31. The van der Waals surface area contributed by atoms with Crippen molar-refractivity contribution >= 4 is 29.1 Å². The van der Waals surface area contributed by atoms with Crippen LogP contribution >= 0.6 is 11.6 Å². The number of hydrogen-bond acceptors (Lipinski definition) is 4. The summed E-state index contributed by atoms with van der Waals surface area (Å²) in [6.45, 7) is 3.40. The number of aromatic nitrogens is 1. The second kappa shape index (κ2) is 9.94. The van der Waals surface area contributed by atoms with Crippen LogP contribution in [0.4, 0.5) is 5.69 Å². The van der Waals surface area contributed by atoms with Crippen LogP contribution in [0.25, 0.3) is 0 Å². The third kappa shape index (κ3) is 5.23. The highest BCUT2D eigenvalue weighted by Gasteiger charge is 2.14. The van der Waals surface area contributed by atoms with Gasteiger partial charge in [-0.25, -0.2) is 0 Å². The molecule has 1 heterocycles.